The van der Waals surface area contributed by atoms with Crippen LogP contribution in [0.4, 0.5) is 0 Å². The summed E-state index contributed by atoms with van der Waals surface area (Å²) in [6, 6.07) is 6.00. The predicted octanol–water partition coefficient (Wildman–Crippen LogP) is 5.33. The summed E-state index contributed by atoms with van der Waals surface area (Å²) in [5, 5.41) is -0.740. The summed E-state index contributed by atoms with van der Waals surface area (Å²) in [6.45, 7) is 6.02. The van der Waals surface area contributed by atoms with Crippen LogP contribution in [-0.2, 0) is 29.1 Å². The molecule has 2 saturated carbocycles. The largest absolute Gasteiger partial charge is 0.497 e. The highest BCUT2D eigenvalue weighted by Crippen LogP contribution is 2.64. The van der Waals surface area contributed by atoms with Crippen molar-refractivity contribution in [1.82, 2.24) is 14.5 Å². The molecule has 8 rings (SSSR count). The molecule has 11 heteroatoms. The summed E-state index contributed by atoms with van der Waals surface area (Å²) >= 11 is 0. The molecule has 52 heavy (non-hydrogen) atoms. The van der Waals surface area contributed by atoms with Gasteiger partial charge in [0, 0.05) is 67.4 Å². The third kappa shape index (κ3) is 5.35. The maximum atomic E-state index is 15.3. The average Bonchev–Trinajstić information content (AvgIpc) is 3.53. The van der Waals surface area contributed by atoms with E-state index in [2.05, 4.69) is 38.8 Å². The van der Waals surface area contributed by atoms with Gasteiger partial charge in [0.25, 0.3) is 5.91 Å². The average molecular weight is 732 g/mol. The second-order valence-corrected chi connectivity index (χ2v) is 18.9. The van der Waals surface area contributed by atoms with E-state index in [1.807, 2.05) is 12.1 Å². The maximum absolute atomic E-state index is 15.3. The molecule has 0 radical (unpaired) electrons. The Labute approximate surface area is 308 Å². The number of sulfonamides is 1. The Balaban J connectivity index is 1.23. The van der Waals surface area contributed by atoms with Crippen molar-refractivity contribution in [3.05, 3.63) is 64.8 Å². The van der Waals surface area contributed by atoms with E-state index in [9.17, 15) is 13.2 Å². The molecule has 3 heterocycles. The van der Waals surface area contributed by atoms with E-state index in [1.54, 1.807) is 41.3 Å². The van der Waals surface area contributed by atoms with Crippen LogP contribution >= 0.6 is 0 Å². The molecule has 7 aliphatic rings. The lowest BCUT2D eigenvalue weighted by Gasteiger charge is -2.38. The molecule has 10 nitrogen and oxygen atoms in total. The van der Waals surface area contributed by atoms with Crippen LogP contribution in [0.2, 0.25) is 0 Å². The summed E-state index contributed by atoms with van der Waals surface area (Å²) in [6.07, 6.45) is 16.9. The van der Waals surface area contributed by atoms with E-state index in [4.69, 9.17) is 14.2 Å². The molecule has 1 saturated heterocycles. The Bertz CT molecular complexity index is 1890. The Morgan fingerprint density at radius 3 is 2.27 bits per heavy atom. The van der Waals surface area contributed by atoms with Crippen LogP contribution in [0.5, 0.6) is 5.75 Å². The molecular weight excluding hydrogens is 679 g/mol. The number of likely N-dealkylation sites (tertiary alicyclic amines) is 1. The third-order valence-corrected chi connectivity index (χ3v) is 15.3. The fourth-order valence-corrected chi connectivity index (χ4v) is 11.5. The summed E-state index contributed by atoms with van der Waals surface area (Å²) in [4.78, 5) is 33.3. The lowest BCUT2D eigenvalue weighted by molar-refractivity contribution is -0.135. The van der Waals surface area contributed by atoms with Crippen molar-refractivity contribution in [3.63, 3.8) is 0 Å². The molecule has 3 fully saturated rings. The predicted molar refractivity (Wildman–Crippen MR) is 199 cm³/mol. The zero-order valence-corrected chi connectivity index (χ0v) is 32.0. The van der Waals surface area contributed by atoms with E-state index >= 15 is 4.79 Å². The number of ether oxygens (including phenoxy) is 3. The summed E-state index contributed by atoms with van der Waals surface area (Å²) in [5.74, 6) is 0.608. The molecule has 5 unspecified atom stereocenters. The van der Waals surface area contributed by atoms with Crippen LogP contribution in [0, 0.1) is 28.1 Å². The van der Waals surface area contributed by atoms with Gasteiger partial charge < -0.3 is 24.0 Å². The van der Waals surface area contributed by atoms with Crippen molar-refractivity contribution in [2.24, 2.45) is 28.1 Å². The number of fused-ring (bicyclic) bond motifs is 8. The van der Waals surface area contributed by atoms with Gasteiger partial charge in [0.05, 0.1) is 31.6 Å². The van der Waals surface area contributed by atoms with Crippen LogP contribution in [0.1, 0.15) is 76.3 Å². The molecule has 0 bridgehead atoms. The number of hydrogen-bond donors (Lipinski definition) is 1. The normalized spacial score (nSPS) is 32.0. The van der Waals surface area contributed by atoms with Crippen molar-refractivity contribution in [2.45, 2.75) is 76.5 Å². The molecule has 3 aliphatic heterocycles. The van der Waals surface area contributed by atoms with Crippen molar-refractivity contribution >= 4 is 33.1 Å². The Hall–Kier alpha value is -3.41. The van der Waals surface area contributed by atoms with E-state index < -0.39 is 26.6 Å². The number of carbonyl (C=O) groups is 2. The first-order valence-corrected chi connectivity index (χ1v) is 20.6. The quantitative estimate of drug-likeness (QED) is 0.344. The number of nitrogens with zero attached hydrogens (tertiary/aromatic N) is 2. The standard InChI is InChI=1S/C41H53N3O7S/c1-26(2)52(47,48)42-37(45)28-12-14-31-34(18-28)44-23-41(38(46)43-21-39(24-49-3)16-9-17-40(39,22-43)25-50-4)20-33(41)32-19-29(51-5)13-15-30(32)36(44)35(31)27-10-7-6-8-11-27/h12-15,18-20,26-27,31,34H,6-11,16-17,21-25H2,1-5H3,(H,42,45). The second kappa shape index (κ2) is 12.9. The summed E-state index contributed by atoms with van der Waals surface area (Å²) in [5.41, 5.74) is 4.85. The van der Waals surface area contributed by atoms with E-state index in [0.717, 1.165) is 60.3 Å². The highest BCUT2D eigenvalue weighted by molar-refractivity contribution is 7.90. The lowest BCUT2D eigenvalue weighted by Crippen LogP contribution is -2.46. The van der Waals surface area contributed by atoms with Crippen molar-refractivity contribution in [1.29, 1.82) is 0 Å². The van der Waals surface area contributed by atoms with Crippen molar-refractivity contribution < 1.29 is 32.2 Å². The first kappa shape index (κ1) is 35.6. The highest BCUT2D eigenvalue weighted by atomic mass is 32.2. The number of hydrogen-bond acceptors (Lipinski definition) is 8. The van der Waals surface area contributed by atoms with Crippen LogP contribution in [-0.4, -0.2) is 95.5 Å². The van der Waals surface area contributed by atoms with Gasteiger partial charge in [0.15, 0.2) is 0 Å². The monoisotopic (exact) mass is 731 g/mol. The van der Waals surface area contributed by atoms with E-state index in [1.165, 1.54) is 24.8 Å². The molecule has 4 aliphatic carbocycles. The van der Waals surface area contributed by atoms with Gasteiger partial charge in [-0.3, -0.25) is 9.59 Å². The molecule has 5 atom stereocenters. The van der Waals surface area contributed by atoms with Crippen LogP contribution in [0.3, 0.4) is 0 Å². The molecule has 1 N–H and O–H groups in total. The number of nitrogens with one attached hydrogen (secondary N) is 1. The molecule has 0 aromatic heterocycles. The lowest BCUT2D eigenvalue weighted by atomic mass is 9.69. The van der Waals surface area contributed by atoms with Gasteiger partial charge in [0.2, 0.25) is 15.9 Å². The Morgan fingerprint density at radius 2 is 1.63 bits per heavy atom. The van der Waals surface area contributed by atoms with Crippen molar-refractivity contribution in [3.8, 4) is 5.75 Å². The maximum Gasteiger partial charge on any atom is 0.264 e. The highest BCUT2D eigenvalue weighted by Gasteiger charge is 2.65. The zero-order valence-electron chi connectivity index (χ0n) is 31.2. The van der Waals surface area contributed by atoms with Crippen molar-refractivity contribution in [2.75, 3.05) is 54.2 Å². The molecule has 2 amide bonds. The number of methoxy groups -OCH3 is 3. The van der Waals surface area contributed by atoms with Gasteiger partial charge in [0.1, 0.15) is 11.2 Å². The van der Waals surface area contributed by atoms with Gasteiger partial charge in [-0.1, -0.05) is 43.9 Å². The van der Waals surface area contributed by atoms with Gasteiger partial charge in [-0.05, 0) is 86.4 Å². The van der Waals surface area contributed by atoms with Gasteiger partial charge >= 0.3 is 0 Å². The smallest absolute Gasteiger partial charge is 0.264 e. The van der Waals surface area contributed by atoms with Crippen LogP contribution < -0.4 is 9.46 Å². The minimum Gasteiger partial charge on any atom is -0.497 e. The number of carbonyl (C=O) groups excluding carboxylic acids is 2. The van der Waals surface area contributed by atoms with E-state index in [-0.39, 0.29) is 28.7 Å². The van der Waals surface area contributed by atoms with E-state index in [0.29, 0.717) is 44.3 Å². The minimum atomic E-state index is -3.82. The van der Waals surface area contributed by atoms with Gasteiger partial charge in [-0.25, -0.2) is 13.1 Å². The van der Waals surface area contributed by atoms with Crippen LogP contribution in [0.25, 0.3) is 11.3 Å². The number of rotatable bonds is 10. The number of amides is 2. The first-order chi connectivity index (χ1) is 24.9. The van der Waals surface area contributed by atoms with Gasteiger partial charge in [-0.15, -0.1) is 0 Å². The second-order valence-electron chi connectivity index (χ2n) is 16.7. The van der Waals surface area contributed by atoms with Gasteiger partial charge in [-0.2, -0.15) is 0 Å². The topological polar surface area (TPSA) is 114 Å². The minimum absolute atomic E-state index is 0.000141. The van der Waals surface area contributed by atoms with Crippen LogP contribution in [0.15, 0.2) is 53.6 Å². The molecule has 1 aromatic rings. The molecule has 280 valence electrons. The summed E-state index contributed by atoms with van der Waals surface area (Å²) < 4.78 is 45.2. The Morgan fingerprint density at radius 1 is 0.942 bits per heavy atom. The summed E-state index contributed by atoms with van der Waals surface area (Å²) in [7, 11) is 1.37. The fraction of sp³-hybridized carbons (Fsp3) is 0.610. The fourth-order valence-electron chi connectivity index (χ4n) is 10.9. The third-order valence-electron chi connectivity index (χ3n) is 13.6. The Kier molecular flexibility index (Phi) is 8.81. The molecular formula is C41H53N3O7S. The molecule has 1 aromatic carbocycles. The first-order valence-electron chi connectivity index (χ1n) is 19.1. The SMILES string of the molecule is COCC12CCCC1(COC)CN(C(=O)C13C=C1c1cc(OC)ccc1C1=C(C4CCCCC4)C4C=CC(C(=O)NS(=O)(=O)C(C)C)=CC4N1C3)C2. The number of benzene rings is 1. The molecule has 0 spiro atoms. The zero-order chi connectivity index (χ0) is 36.6.